The first-order chi connectivity index (χ1) is 19.2. The van der Waals surface area contributed by atoms with Crippen LogP contribution in [0.4, 0.5) is 4.39 Å². The first-order valence-electron chi connectivity index (χ1n) is 12.4. The molecule has 2 heterocycles. The molecule has 39 heavy (non-hydrogen) atoms. The lowest BCUT2D eigenvalue weighted by atomic mass is 10.1. The van der Waals surface area contributed by atoms with Gasteiger partial charge in [0.2, 0.25) is 0 Å². The van der Waals surface area contributed by atoms with Crippen molar-refractivity contribution in [1.82, 2.24) is 19.7 Å². The Balaban J connectivity index is 1.39. The van der Waals surface area contributed by atoms with E-state index in [-0.39, 0.29) is 5.82 Å². The number of aromatic amines is 1. The highest BCUT2D eigenvalue weighted by Gasteiger charge is 2.15. The summed E-state index contributed by atoms with van der Waals surface area (Å²) in [6, 6.07) is 33.6. The van der Waals surface area contributed by atoms with Gasteiger partial charge >= 0.3 is 0 Å². The SMILES string of the molecule is N#C/C(=C/c1cn(-c2ccccc2)nc1-c1cccc(OCc2ccc(F)cc2)c1)c1nc2ccccc2[nH]1. The van der Waals surface area contributed by atoms with Gasteiger partial charge in [-0.15, -0.1) is 0 Å². The van der Waals surface area contributed by atoms with Crippen molar-refractivity contribution < 1.29 is 9.13 Å². The van der Waals surface area contributed by atoms with Crippen molar-refractivity contribution in [2.45, 2.75) is 6.61 Å². The summed E-state index contributed by atoms with van der Waals surface area (Å²) in [5.74, 6) is 0.863. The van der Waals surface area contributed by atoms with Crippen molar-refractivity contribution in [2.75, 3.05) is 0 Å². The Bertz CT molecular complexity index is 1800. The summed E-state index contributed by atoms with van der Waals surface area (Å²) < 4.78 is 21.0. The van der Waals surface area contributed by atoms with Gasteiger partial charge in [-0.2, -0.15) is 10.4 Å². The third-order valence-electron chi connectivity index (χ3n) is 6.25. The first kappa shape index (κ1) is 23.9. The number of fused-ring (bicyclic) bond motifs is 1. The molecule has 0 atom stereocenters. The van der Waals surface area contributed by atoms with Crippen molar-refractivity contribution in [3.8, 4) is 28.8 Å². The van der Waals surface area contributed by atoms with E-state index in [9.17, 15) is 9.65 Å². The molecule has 1 N–H and O–H groups in total. The third kappa shape index (κ3) is 5.17. The summed E-state index contributed by atoms with van der Waals surface area (Å²) in [6.07, 6.45) is 3.70. The molecular formula is C32H22FN5O. The van der Waals surface area contributed by atoms with Gasteiger partial charge in [0.15, 0.2) is 0 Å². The number of nitrogens with zero attached hydrogens (tertiary/aromatic N) is 4. The van der Waals surface area contributed by atoms with Crippen LogP contribution in [0.15, 0.2) is 109 Å². The molecule has 188 valence electrons. The summed E-state index contributed by atoms with van der Waals surface area (Å²) >= 11 is 0. The minimum atomic E-state index is -0.283. The van der Waals surface area contributed by atoms with Gasteiger partial charge in [-0.3, -0.25) is 0 Å². The number of hydrogen-bond donors (Lipinski definition) is 1. The van der Waals surface area contributed by atoms with E-state index in [2.05, 4.69) is 16.0 Å². The van der Waals surface area contributed by atoms with Gasteiger partial charge in [0.25, 0.3) is 0 Å². The minimum Gasteiger partial charge on any atom is -0.489 e. The Labute approximate surface area is 224 Å². The van der Waals surface area contributed by atoms with Crippen LogP contribution in [0.25, 0.3) is 39.6 Å². The van der Waals surface area contributed by atoms with Gasteiger partial charge in [0.1, 0.15) is 35.8 Å². The molecule has 0 aliphatic carbocycles. The summed E-state index contributed by atoms with van der Waals surface area (Å²) in [7, 11) is 0. The maximum atomic E-state index is 13.3. The number of benzene rings is 4. The minimum absolute atomic E-state index is 0.283. The highest BCUT2D eigenvalue weighted by atomic mass is 19.1. The molecule has 0 radical (unpaired) electrons. The number of para-hydroxylation sites is 3. The summed E-state index contributed by atoms with van der Waals surface area (Å²) in [6.45, 7) is 0.305. The lowest BCUT2D eigenvalue weighted by Gasteiger charge is -2.08. The normalized spacial score (nSPS) is 11.4. The molecule has 6 nitrogen and oxygen atoms in total. The molecule has 0 aliphatic rings. The maximum Gasteiger partial charge on any atom is 0.149 e. The Kier molecular flexibility index (Phi) is 6.42. The highest BCUT2D eigenvalue weighted by Crippen LogP contribution is 2.30. The van der Waals surface area contributed by atoms with Gasteiger partial charge in [0, 0.05) is 17.3 Å². The van der Waals surface area contributed by atoms with Crippen LogP contribution in [0, 0.1) is 17.1 Å². The fraction of sp³-hybridized carbons (Fsp3) is 0.0312. The number of nitriles is 1. The van der Waals surface area contributed by atoms with E-state index in [1.54, 1.807) is 22.9 Å². The Morgan fingerprint density at radius 2 is 1.74 bits per heavy atom. The van der Waals surface area contributed by atoms with Crippen LogP contribution in [-0.4, -0.2) is 19.7 Å². The topological polar surface area (TPSA) is 79.5 Å². The monoisotopic (exact) mass is 511 g/mol. The van der Waals surface area contributed by atoms with Gasteiger partial charge in [-0.1, -0.05) is 54.6 Å². The molecule has 0 amide bonds. The zero-order valence-corrected chi connectivity index (χ0v) is 20.8. The first-order valence-corrected chi connectivity index (χ1v) is 12.4. The molecule has 0 bridgehead atoms. The fourth-order valence-electron chi connectivity index (χ4n) is 4.30. The van der Waals surface area contributed by atoms with E-state index in [1.165, 1.54) is 12.1 Å². The van der Waals surface area contributed by atoms with Crippen molar-refractivity contribution >= 4 is 22.7 Å². The molecule has 7 heteroatoms. The van der Waals surface area contributed by atoms with E-state index < -0.39 is 0 Å². The van der Waals surface area contributed by atoms with Crippen LogP contribution in [0.3, 0.4) is 0 Å². The van der Waals surface area contributed by atoms with E-state index in [1.807, 2.05) is 85.1 Å². The number of ether oxygens (including phenoxy) is 1. The van der Waals surface area contributed by atoms with E-state index in [4.69, 9.17) is 9.84 Å². The molecule has 2 aromatic heterocycles. The molecule has 6 rings (SSSR count). The summed E-state index contributed by atoms with van der Waals surface area (Å²) in [5, 5.41) is 14.9. The van der Waals surface area contributed by atoms with E-state index in [0.29, 0.717) is 29.4 Å². The zero-order valence-electron chi connectivity index (χ0n) is 20.8. The predicted octanol–water partition coefficient (Wildman–Crippen LogP) is 7.20. The van der Waals surface area contributed by atoms with E-state index in [0.717, 1.165) is 33.4 Å². The van der Waals surface area contributed by atoms with Crippen LogP contribution in [0.1, 0.15) is 17.0 Å². The number of nitrogens with one attached hydrogen (secondary N) is 1. The van der Waals surface area contributed by atoms with Crippen LogP contribution >= 0.6 is 0 Å². The molecule has 0 unspecified atom stereocenters. The Morgan fingerprint density at radius 1 is 0.949 bits per heavy atom. The Morgan fingerprint density at radius 3 is 2.54 bits per heavy atom. The van der Waals surface area contributed by atoms with Gasteiger partial charge in [-0.05, 0) is 60.2 Å². The Hall–Kier alpha value is -5.48. The van der Waals surface area contributed by atoms with Crippen LogP contribution in [-0.2, 0) is 6.61 Å². The average molecular weight is 512 g/mol. The number of aromatic nitrogens is 4. The summed E-state index contributed by atoms with van der Waals surface area (Å²) in [5.41, 5.74) is 6.08. The molecule has 0 saturated heterocycles. The second kappa shape index (κ2) is 10.5. The molecular weight excluding hydrogens is 489 g/mol. The maximum absolute atomic E-state index is 13.3. The van der Waals surface area contributed by atoms with Gasteiger partial charge in [0.05, 0.1) is 22.3 Å². The molecule has 6 aromatic rings. The molecule has 0 spiro atoms. The quantitative estimate of drug-likeness (QED) is 0.230. The fourth-order valence-corrected chi connectivity index (χ4v) is 4.30. The molecule has 0 fully saturated rings. The van der Waals surface area contributed by atoms with Crippen LogP contribution in [0.2, 0.25) is 0 Å². The molecule has 0 aliphatic heterocycles. The smallest absolute Gasteiger partial charge is 0.149 e. The number of hydrogen-bond acceptors (Lipinski definition) is 4. The van der Waals surface area contributed by atoms with Crippen molar-refractivity contribution in [2.24, 2.45) is 0 Å². The van der Waals surface area contributed by atoms with Gasteiger partial charge < -0.3 is 9.72 Å². The summed E-state index contributed by atoms with van der Waals surface area (Å²) in [4.78, 5) is 7.84. The lowest BCUT2D eigenvalue weighted by Crippen LogP contribution is -1.96. The predicted molar refractivity (Wildman–Crippen MR) is 149 cm³/mol. The largest absolute Gasteiger partial charge is 0.489 e. The van der Waals surface area contributed by atoms with E-state index >= 15 is 0 Å². The lowest BCUT2D eigenvalue weighted by molar-refractivity contribution is 0.306. The number of rotatable bonds is 7. The second-order valence-corrected chi connectivity index (χ2v) is 8.93. The molecule has 4 aromatic carbocycles. The number of H-pyrrole nitrogens is 1. The molecule has 0 saturated carbocycles. The van der Waals surface area contributed by atoms with Crippen LogP contribution < -0.4 is 4.74 Å². The zero-order chi connectivity index (χ0) is 26.6. The number of imidazole rings is 1. The standard InChI is InChI=1S/C32H22FN5O/c33-26-15-13-22(14-16-26)21-39-28-10-6-7-23(18-28)31-25(20-38(37-31)27-8-2-1-3-9-27)17-24(19-34)32-35-29-11-4-5-12-30(29)36-32/h1-18,20H,21H2,(H,35,36)/b24-17-. The van der Waals surface area contributed by atoms with Gasteiger partial charge in [-0.25, -0.2) is 14.1 Å². The third-order valence-corrected chi connectivity index (χ3v) is 6.25. The number of halogens is 1. The number of allylic oxidation sites excluding steroid dienone is 1. The highest BCUT2D eigenvalue weighted by molar-refractivity contribution is 5.92. The van der Waals surface area contributed by atoms with Crippen LogP contribution in [0.5, 0.6) is 5.75 Å². The van der Waals surface area contributed by atoms with Crippen molar-refractivity contribution in [1.29, 1.82) is 5.26 Å². The average Bonchev–Trinajstić information content (AvgIpc) is 3.61. The van der Waals surface area contributed by atoms with Crippen molar-refractivity contribution in [3.63, 3.8) is 0 Å². The second-order valence-electron chi connectivity index (χ2n) is 8.93. The van der Waals surface area contributed by atoms with Crippen molar-refractivity contribution in [3.05, 3.63) is 132 Å².